The average Bonchev–Trinajstić information content (AvgIpc) is 2.37. The molecule has 0 aliphatic heterocycles. The number of hydrogen-bond acceptors (Lipinski definition) is 3. The van der Waals surface area contributed by atoms with Gasteiger partial charge in [-0.3, -0.25) is 4.79 Å². The van der Waals surface area contributed by atoms with Crippen molar-refractivity contribution in [1.82, 2.24) is 5.32 Å². The van der Waals surface area contributed by atoms with E-state index in [0.29, 0.717) is 13.0 Å². The van der Waals surface area contributed by atoms with Crippen LogP contribution in [0.2, 0.25) is 0 Å². The van der Waals surface area contributed by atoms with E-state index in [0.717, 1.165) is 16.1 Å². The predicted octanol–water partition coefficient (Wildman–Crippen LogP) is 2.70. The van der Waals surface area contributed by atoms with Crippen LogP contribution >= 0.6 is 11.8 Å². The molecule has 104 valence electrons. The van der Waals surface area contributed by atoms with Crippen molar-refractivity contribution in [2.75, 3.05) is 18.1 Å². The number of hydrogen-bond donors (Lipinski definition) is 3. The molecule has 0 saturated carbocycles. The number of aliphatic carboxylic acids is 1. The second-order valence-corrected chi connectivity index (χ2v) is 4.94. The van der Waals surface area contributed by atoms with Crippen molar-refractivity contribution in [3.63, 3.8) is 0 Å². The van der Waals surface area contributed by atoms with Gasteiger partial charge in [0.2, 0.25) is 0 Å². The number of urea groups is 1. The number of carboxylic acid groups (broad SMARTS) is 1. The van der Waals surface area contributed by atoms with Gasteiger partial charge in [-0.05, 0) is 37.3 Å². The molecule has 0 heterocycles. The van der Waals surface area contributed by atoms with Gasteiger partial charge in [0, 0.05) is 23.5 Å². The van der Waals surface area contributed by atoms with Gasteiger partial charge >= 0.3 is 12.0 Å². The molecule has 0 radical (unpaired) electrons. The number of aryl methyl sites for hydroxylation is 1. The van der Waals surface area contributed by atoms with E-state index in [1.165, 1.54) is 0 Å². The van der Waals surface area contributed by atoms with Crippen LogP contribution in [-0.2, 0) is 4.79 Å². The van der Waals surface area contributed by atoms with E-state index < -0.39 is 5.97 Å². The van der Waals surface area contributed by atoms with Crippen LogP contribution in [0.25, 0.3) is 0 Å². The van der Waals surface area contributed by atoms with Crippen LogP contribution in [0.3, 0.4) is 0 Å². The van der Waals surface area contributed by atoms with Crippen molar-refractivity contribution in [2.45, 2.75) is 24.7 Å². The normalized spacial score (nSPS) is 10.0. The third-order valence-electron chi connectivity index (χ3n) is 2.55. The molecule has 5 nitrogen and oxygen atoms in total. The maximum Gasteiger partial charge on any atom is 0.319 e. The van der Waals surface area contributed by atoms with E-state index in [4.69, 9.17) is 5.11 Å². The standard InChI is InChI=1S/C13H18N2O3S/c1-9-5-6-10(19-2)8-11(9)15-13(18)14-7-3-4-12(16)17/h5-6,8H,3-4,7H2,1-2H3,(H,16,17)(H2,14,15,18). The van der Waals surface area contributed by atoms with E-state index in [-0.39, 0.29) is 12.5 Å². The molecule has 0 unspecified atom stereocenters. The molecule has 0 bridgehead atoms. The number of benzene rings is 1. The molecule has 0 aliphatic rings. The van der Waals surface area contributed by atoms with Gasteiger partial charge < -0.3 is 15.7 Å². The Hall–Kier alpha value is -1.69. The maximum absolute atomic E-state index is 11.6. The molecular weight excluding hydrogens is 264 g/mol. The lowest BCUT2D eigenvalue weighted by molar-refractivity contribution is -0.137. The summed E-state index contributed by atoms with van der Waals surface area (Å²) in [6.07, 6.45) is 2.45. The number of anilines is 1. The molecule has 6 heteroatoms. The molecule has 0 saturated heterocycles. The number of nitrogens with one attached hydrogen (secondary N) is 2. The van der Waals surface area contributed by atoms with Crippen LogP contribution in [0.1, 0.15) is 18.4 Å². The Morgan fingerprint density at radius 2 is 2.11 bits per heavy atom. The summed E-state index contributed by atoms with van der Waals surface area (Å²) in [6.45, 7) is 2.27. The van der Waals surface area contributed by atoms with Crippen molar-refractivity contribution in [3.8, 4) is 0 Å². The van der Waals surface area contributed by atoms with Gasteiger partial charge in [0.05, 0.1) is 0 Å². The molecule has 1 aromatic rings. The fourth-order valence-corrected chi connectivity index (χ4v) is 1.91. The number of thioether (sulfide) groups is 1. The topological polar surface area (TPSA) is 78.4 Å². The third-order valence-corrected chi connectivity index (χ3v) is 3.27. The molecule has 3 N–H and O–H groups in total. The zero-order valence-corrected chi connectivity index (χ0v) is 11.8. The molecule has 0 atom stereocenters. The monoisotopic (exact) mass is 282 g/mol. The predicted molar refractivity (Wildman–Crippen MR) is 76.9 cm³/mol. The summed E-state index contributed by atoms with van der Waals surface area (Å²) in [5.41, 5.74) is 1.75. The fourth-order valence-electron chi connectivity index (χ4n) is 1.47. The van der Waals surface area contributed by atoms with Crippen LogP contribution in [0.5, 0.6) is 0 Å². The highest BCUT2D eigenvalue weighted by molar-refractivity contribution is 7.98. The van der Waals surface area contributed by atoms with Crippen molar-refractivity contribution in [3.05, 3.63) is 23.8 Å². The second kappa shape index (κ2) is 7.68. The van der Waals surface area contributed by atoms with Crippen molar-refractivity contribution in [1.29, 1.82) is 0 Å². The lowest BCUT2D eigenvalue weighted by Crippen LogP contribution is -2.30. The Kier molecular flexibility index (Phi) is 6.21. The third kappa shape index (κ3) is 5.65. The second-order valence-electron chi connectivity index (χ2n) is 4.06. The number of amides is 2. The highest BCUT2D eigenvalue weighted by Gasteiger charge is 2.05. The molecule has 0 aliphatic carbocycles. The Morgan fingerprint density at radius 3 is 2.74 bits per heavy atom. The molecule has 2 amide bonds. The summed E-state index contributed by atoms with van der Waals surface area (Å²) in [5, 5.41) is 13.9. The molecule has 0 aromatic heterocycles. The molecule has 0 fully saturated rings. The Bertz CT molecular complexity index is 463. The first-order valence-electron chi connectivity index (χ1n) is 5.94. The van der Waals surface area contributed by atoms with Crippen LogP contribution in [0.4, 0.5) is 10.5 Å². The summed E-state index contributed by atoms with van der Waals surface area (Å²) >= 11 is 1.61. The lowest BCUT2D eigenvalue weighted by Gasteiger charge is -2.10. The van der Waals surface area contributed by atoms with Gasteiger partial charge in [0.1, 0.15) is 0 Å². The van der Waals surface area contributed by atoms with Gasteiger partial charge in [0.15, 0.2) is 0 Å². The van der Waals surface area contributed by atoms with E-state index in [2.05, 4.69) is 10.6 Å². The zero-order valence-electron chi connectivity index (χ0n) is 11.0. The van der Waals surface area contributed by atoms with Crippen LogP contribution in [0, 0.1) is 6.92 Å². The van der Waals surface area contributed by atoms with Crippen LogP contribution < -0.4 is 10.6 Å². The van der Waals surface area contributed by atoms with Gasteiger partial charge in [-0.1, -0.05) is 6.07 Å². The average molecular weight is 282 g/mol. The van der Waals surface area contributed by atoms with Crippen LogP contribution in [0.15, 0.2) is 23.1 Å². The highest BCUT2D eigenvalue weighted by Crippen LogP contribution is 2.22. The molecule has 1 aromatic carbocycles. The van der Waals surface area contributed by atoms with Crippen molar-refractivity contribution >= 4 is 29.4 Å². The fraction of sp³-hybridized carbons (Fsp3) is 0.385. The summed E-state index contributed by atoms with van der Waals surface area (Å²) in [6, 6.07) is 5.55. The highest BCUT2D eigenvalue weighted by atomic mass is 32.2. The van der Waals surface area contributed by atoms with E-state index in [1.54, 1.807) is 11.8 Å². The van der Waals surface area contributed by atoms with Gasteiger partial charge in [-0.15, -0.1) is 11.8 Å². The summed E-state index contributed by atoms with van der Waals surface area (Å²) in [7, 11) is 0. The Morgan fingerprint density at radius 1 is 1.37 bits per heavy atom. The minimum absolute atomic E-state index is 0.0568. The van der Waals surface area contributed by atoms with E-state index in [1.807, 2.05) is 31.4 Å². The molecule has 0 spiro atoms. The number of rotatable bonds is 6. The number of carbonyl (C=O) groups is 2. The minimum Gasteiger partial charge on any atom is -0.481 e. The first-order chi connectivity index (χ1) is 9.02. The molecule has 1 rings (SSSR count). The lowest BCUT2D eigenvalue weighted by atomic mass is 10.2. The first kappa shape index (κ1) is 15.4. The Balaban J connectivity index is 2.45. The number of carbonyl (C=O) groups excluding carboxylic acids is 1. The van der Waals surface area contributed by atoms with E-state index >= 15 is 0 Å². The summed E-state index contributed by atoms with van der Waals surface area (Å²) in [5.74, 6) is -0.856. The Labute approximate surface area is 116 Å². The summed E-state index contributed by atoms with van der Waals surface area (Å²) in [4.78, 5) is 23.0. The molecule has 19 heavy (non-hydrogen) atoms. The van der Waals surface area contributed by atoms with E-state index in [9.17, 15) is 9.59 Å². The van der Waals surface area contributed by atoms with Crippen molar-refractivity contribution in [2.24, 2.45) is 0 Å². The van der Waals surface area contributed by atoms with Gasteiger partial charge in [-0.25, -0.2) is 4.79 Å². The quantitative estimate of drug-likeness (QED) is 0.553. The summed E-state index contributed by atoms with van der Waals surface area (Å²) < 4.78 is 0. The largest absolute Gasteiger partial charge is 0.481 e. The molecular formula is C13H18N2O3S. The van der Waals surface area contributed by atoms with Crippen LogP contribution in [-0.4, -0.2) is 29.9 Å². The SMILES string of the molecule is CSc1ccc(C)c(NC(=O)NCCCC(=O)O)c1. The van der Waals surface area contributed by atoms with Gasteiger partial charge in [-0.2, -0.15) is 0 Å². The smallest absolute Gasteiger partial charge is 0.319 e. The van der Waals surface area contributed by atoms with Gasteiger partial charge in [0.25, 0.3) is 0 Å². The number of carboxylic acids is 1. The van der Waals surface area contributed by atoms with Crippen molar-refractivity contribution < 1.29 is 14.7 Å². The first-order valence-corrected chi connectivity index (χ1v) is 7.16. The minimum atomic E-state index is -0.856. The zero-order chi connectivity index (χ0) is 14.3. The maximum atomic E-state index is 11.6.